The van der Waals surface area contributed by atoms with E-state index in [-0.39, 0.29) is 0 Å². The van der Waals surface area contributed by atoms with E-state index in [1.54, 1.807) is 0 Å². The molecule has 1 rings (SSSR count). The van der Waals surface area contributed by atoms with E-state index in [9.17, 15) is 0 Å². The fourth-order valence-electron chi connectivity index (χ4n) is 1.50. The first-order chi connectivity index (χ1) is 8.13. The van der Waals surface area contributed by atoms with E-state index in [4.69, 9.17) is 0 Å². The molecule has 0 aliphatic carbocycles. The molecule has 3 heteroatoms. The van der Waals surface area contributed by atoms with Crippen molar-refractivity contribution in [3.05, 3.63) is 29.6 Å². The summed E-state index contributed by atoms with van der Waals surface area (Å²) in [4.78, 5) is 6.79. The third-order valence-corrected chi connectivity index (χ3v) is 2.93. The van der Waals surface area contributed by atoms with E-state index in [0.717, 1.165) is 25.3 Å². The van der Waals surface area contributed by atoms with Crippen molar-refractivity contribution in [3.8, 4) is 0 Å². The van der Waals surface area contributed by atoms with Gasteiger partial charge in [-0.1, -0.05) is 13.0 Å². The monoisotopic (exact) mass is 235 g/mol. The minimum Gasteiger partial charge on any atom is -0.313 e. The lowest BCUT2D eigenvalue weighted by Crippen LogP contribution is -2.26. The molecule has 0 aromatic carbocycles. The van der Waals surface area contributed by atoms with Gasteiger partial charge in [-0.3, -0.25) is 9.88 Å². The highest BCUT2D eigenvalue weighted by molar-refractivity contribution is 5.13. The fourth-order valence-corrected chi connectivity index (χ4v) is 1.50. The zero-order chi connectivity index (χ0) is 12.7. The molecule has 17 heavy (non-hydrogen) atoms. The SMILES string of the molecule is CCCNCc1ccc(CN(C)C(C)C)nc1. The quantitative estimate of drug-likeness (QED) is 0.736. The van der Waals surface area contributed by atoms with Crippen LogP contribution >= 0.6 is 0 Å². The van der Waals surface area contributed by atoms with Gasteiger partial charge < -0.3 is 5.32 Å². The van der Waals surface area contributed by atoms with E-state index < -0.39 is 0 Å². The second kappa shape index (κ2) is 7.41. The van der Waals surface area contributed by atoms with Gasteiger partial charge in [0.25, 0.3) is 0 Å². The Bertz CT molecular complexity index is 306. The maximum absolute atomic E-state index is 4.50. The van der Waals surface area contributed by atoms with Crippen LogP contribution in [0.2, 0.25) is 0 Å². The molecule has 0 saturated heterocycles. The zero-order valence-electron chi connectivity index (χ0n) is 11.5. The Hall–Kier alpha value is -0.930. The number of hydrogen-bond donors (Lipinski definition) is 1. The summed E-state index contributed by atoms with van der Waals surface area (Å²) < 4.78 is 0. The first kappa shape index (κ1) is 14.1. The van der Waals surface area contributed by atoms with Crippen molar-refractivity contribution in [2.24, 2.45) is 0 Å². The van der Waals surface area contributed by atoms with Crippen molar-refractivity contribution >= 4 is 0 Å². The van der Waals surface area contributed by atoms with Crippen molar-refractivity contribution < 1.29 is 0 Å². The molecule has 1 N–H and O–H groups in total. The summed E-state index contributed by atoms with van der Waals surface area (Å²) in [6, 6.07) is 4.85. The Labute approximate surface area is 105 Å². The highest BCUT2D eigenvalue weighted by Gasteiger charge is 2.04. The van der Waals surface area contributed by atoms with Crippen LogP contribution in [0, 0.1) is 0 Å². The molecular formula is C14H25N3. The average molecular weight is 235 g/mol. The fraction of sp³-hybridized carbons (Fsp3) is 0.643. The first-order valence-electron chi connectivity index (χ1n) is 6.48. The van der Waals surface area contributed by atoms with Crippen LogP contribution in [-0.2, 0) is 13.1 Å². The molecule has 0 aliphatic heterocycles. The van der Waals surface area contributed by atoms with Gasteiger partial charge in [0.2, 0.25) is 0 Å². The lowest BCUT2D eigenvalue weighted by molar-refractivity contribution is 0.262. The molecule has 0 unspecified atom stereocenters. The summed E-state index contributed by atoms with van der Waals surface area (Å²) in [6.45, 7) is 9.47. The molecule has 1 aromatic heterocycles. The van der Waals surface area contributed by atoms with Crippen molar-refractivity contribution in [3.63, 3.8) is 0 Å². The highest BCUT2D eigenvalue weighted by Crippen LogP contribution is 2.05. The van der Waals surface area contributed by atoms with Gasteiger partial charge in [0.15, 0.2) is 0 Å². The van der Waals surface area contributed by atoms with Crippen LogP contribution in [0.4, 0.5) is 0 Å². The van der Waals surface area contributed by atoms with Gasteiger partial charge in [0, 0.05) is 25.3 Å². The number of hydrogen-bond acceptors (Lipinski definition) is 3. The molecule has 0 fully saturated rings. The molecule has 96 valence electrons. The molecule has 0 bridgehead atoms. The Balaban J connectivity index is 2.44. The van der Waals surface area contributed by atoms with E-state index in [1.807, 2.05) is 6.20 Å². The lowest BCUT2D eigenvalue weighted by atomic mass is 10.2. The minimum atomic E-state index is 0.558. The zero-order valence-corrected chi connectivity index (χ0v) is 11.5. The summed E-state index contributed by atoms with van der Waals surface area (Å²) in [5.74, 6) is 0. The Morgan fingerprint density at radius 1 is 1.35 bits per heavy atom. The van der Waals surface area contributed by atoms with Gasteiger partial charge >= 0.3 is 0 Å². The third kappa shape index (κ3) is 5.29. The van der Waals surface area contributed by atoms with Crippen LogP contribution < -0.4 is 5.32 Å². The molecular weight excluding hydrogens is 210 g/mol. The highest BCUT2D eigenvalue weighted by atomic mass is 15.1. The molecule has 1 aromatic rings. The van der Waals surface area contributed by atoms with Crippen molar-refractivity contribution in [1.29, 1.82) is 0 Å². The molecule has 0 spiro atoms. The Morgan fingerprint density at radius 2 is 2.12 bits per heavy atom. The molecule has 3 nitrogen and oxygen atoms in total. The summed E-state index contributed by atoms with van der Waals surface area (Å²) in [7, 11) is 2.13. The number of nitrogens with zero attached hydrogens (tertiary/aromatic N) is 2. The summed E-state index contributed by atoms with van der Waals surface area (Å²) in [6.07, 6.45) is 3.15. The van der Waals surface area contributed by atoms with Gasteiger partial charge in [0.1, 0.15) is 0 Å². The van der Waals surface area contributed by atoms with Gasteiger partial charge in [-0.15, -0.1) is 0 Å². The maximum Gasteiger partial charge on any atom is 0.0544 e. The van der Waals surface area contributed by atoms with Crippen LogP contribution in [0.25, 0.3) is 0 Å². The van der Waals surface area contributed by atoms with Crippen molar-refractivity contribution in [2.45, 2.75) is 46.3 Å². The van der Waals surface area contributed by atoms with Gasteiger partial charge in [-0.05, 0) is 45.5 Å². The number of nitrogens with one attached hydrogen (secondary N) is 1. The standard InChI is InChI=1S/C14H25N3/c1-5-8-15-9-13-6-7-14(16-10-13)11-17(4)12(2)3/h6-7,10,12,15H,5,8-9,11H2,1-4H3. The molecule has 0 saturated carbocycles. The van der Waals surface area contributed by atoms with Crippen LogP contribution in [-0.4, -0.2) is 29.5 Å². The van der Waals surface area contributed by atoms with E-state index >= 15 is 0 Å². The van der Waals surface area contributed by atoms with E-state index in [2.05, 4.69) is 55.2 Å². The maximum atomic E-state index is 4.50. The van der Waals surface area contributed by atoms with Crippen molar-refractivity contribution in [1.82, 2.24) is 15.2 Å². The molecule has 1 heterocycles. The smallest absolute Gasteiger partial charge is 0.0544 e. The summed E-state index contributed by atoms with van der Waals surface area (Å²) in [5, 5.41) is 3.38. The van der Waals surface area contributed by atoms with E-state index in [0.29, 0.717) is 6.04 Å². The summed E-state index contributed by atoms with van der Waals surface area (Å²) in [5.41, 5.74) is 2.40. The van der Waals surface area contributed by atoms with Gasteiger partial charge in [-0.25, -0.2) is 0 Å². The average Bonchev–Trinajstić information content (AvgIpc) is 2.31. The molecule has 0 amide bonds. The first-order valence-corrected chi connectivity index (χ1v) is 6.48. The third-order valence-electron chi connectivity index (χ3n) is 2.93. The van der Waals surface area contributed by atoms with Crippen LogP contribution in [0.5, 0.6) is 0 Å². The predicted octanol–water partition coefficient (Wildman–Crippen LogP) is 2.42. The van der Waals surface area contributed by atoms with Gasteiger partial charge in [-0.2, -0.15) is 0 Å². The minimum absolute atomic E-state index is 0.558. The topological polar surface area (TPSA) is 28.2 Å². The van der Waals surface area contributed by atoms with Crippen molar-refractivity contribution in [2.75, 3.05) is 13.6 Å². The number of rotatable bonds is 7. The lowest BCUT2D eigenvalue weighted by Gasteiger charge is -2.20. The van der Waals surface area contributed by atoms with Crippen LogP contribution in [0.1, 0.15) is 38.4 Å². The summed E-state index contributed by atoms with van der Waals surface area (Å²) >= 11 is 0. The van der Waals surface area contributed by atoms with Crippen LogP contribution in [0.15, 0.2) is 18.3 Å². The van der Waals surface area contributed by atoms with Gasteiger partial charge in [0.05, 0.1) is 5.69 Å². The number of pyridine rings is 1. The second-order valence-electron chi connectivity index (χ2n) is 4.84. The van der Waals surface area contributed by atoms with E-state index in [1.165, 1.54) is 12.0 Å². The predicted molar refractivity (Wildman–Crippen MR) is 72.8 cm³/mol. The van der Waals surface area contributed by atoms with Crippen LogP contribution in [0.3, 0.4) is 0 Å². The molecule has 0 aliphatic rings. The Morgan fingerprint density at radius 3 is 2.65 bits per heavy atom. The Kier molecular flexibility index (Phi) is 6.16. The molecule has 0 radical (unpaired) electrons. The normalized spacial score (nSPS) is 11.4. The molecule has 0 atom stereocenters. The largest absolute Gasteiger partial charge is 0.313 e. The second-order valence-corrected chi connectivity index (χ2v) is 4.84. The number of aromatic nitrogens is 1.